The second-order valence-electron chi connectivity index (χ2n) is 4.49. The van der Waals surface area contributed by atoms with Crippen LogP contribution in [0.15, 0.2) is 23.1 Å². The van der Waals surface area contributed by atoms with Gasteiger partial charge < -0.3 is 10.2 Å². The van der Waals surface area contributed by atoms with E-state index in [0.717, 1.165) is 32.1 Å². The lowest BCUT2D eigenvalue weighted by Gasteiger charge is -2.18. The molecule has 5 nitrogen and oxygen atoms in total. The van der Waals surface area contributed by atoms with Crippen molar-refractivity contribution in [3.05, 3.63) is 24.0 Å². The average Bonchev–Trinajstić information content (AvgIpc) is 2.39. The molecule has 0 radical (unpaired) electrons. The maximum absolute atomic E-state index is 13.7. The second kappa shape index (κ2) is 7.56. The Morgan fingerprint density at radius 3 is 2.45 bits per heavy atom. The van der Waals surface area contributed by atoms with Crippen molar-refractivity contribution in [2.45, 2.75) is 25.2 Å². The third-order valence-electron chi connectivity index (χ3n) is 3.13. The van der Waals surface area contributed by atoms with Gasteiger partial charge in [0.2, 0.25) is 10.0 Å². The maximum Gasteiger partial charge on any atom is 0.238 e. The largest absolute Gasteiger partial charge is 0.383 e. The molecule has 0 amide bonds. The zero-order valence-corrected chi connectivity index (χ0v) is 12.7. The van der Waals surface area contributed by atoms with Crippen molar-refractivity contribution in [2.75, 3.05) is 31.5 Å². The number of halogens is 1. The van der Waals surface area contributed by atoms with Crippen LogP contribution in [0.3, 0.4) is 0 Å². The fraction of sp³-hybridized carbons (Fsp3) is 0.538. The number of primary sulfonamides is 1. The molecular formula is C13H22FN3O2S. The van der Waals surface area contributed by atoms with Crippen molar-refractivity contribution in [3.8, 4) is 0 Å². The monoisotopic (exact) mass is 303 g/mol. The van der Waals surface area contributed by atoms with E-state index in [1.807, 2.05) is 0 Å². The fourth-order valence-electron chi connectivity index (χ4n) is 1.88. The Morgan fingerprint density at radius 1 is 1.30 bits per heavy atom. The molecule has 0 saturated heterocycles. The fourth-order valence-corrected chi connectivity index (χ4v) is 2.41. The number of nitrogens with zero attached hydrogens (tertiary/aromatic N) is 1. The lowest BCUT2D eigenvalue weighted by molar-refractivity contribution is 0.303. The number of benzene rings is 1. The van der Waals surface area contributed by atoms with Gasteiger partial charge in [0.25, 0.3) is 0 Å². The first kappa shape index (κ1) is 16.9. The molecule has 0 atom stereocenters. The first-order chi connectivity index (χ1) is 9.38. The van der Waals surface area contributed by atoms with Crippen LogP contribution >= 0.6 is 0 Å². The van der Waals surface area contributed by atoms with Crippen LogP contribution in [0, 0.1) is 5.82 Å². The van der Waals surface area contributed by atoms with Crippen molar-refractivity contribution >= 4 is 15.7 Å². The van der Waals surface area contributed by atoms with Crippen LogP contribution in [0.25, 0.3) is 0 Å². The molecule has 0 aromatic heterocycles. The molecule has 0 aliphatic heterocycles. The van der Waals surface area contributed by atoms with E-state index in [4.69, 9.17) is 5.14 Å². The van der Waals surface area contributed by atoms with E-state index < -0.39 is 15.8 Å². The first-order valence-corrected chi connectivity index (χ1v) is 8.21. The normalized spacial score (nSPS) is 11.8. The van der Waals surface area contributed by atoms with Gasteiger partial charge in [-0.05, 0) is 44.3 Å². The topological polar surface area (TPSA) is 75.4 Å². The summed E-state index contributed by atoms with van der Waals surface area (Å²) in [7, 11) is -3.86. The number of anilines is 1. The van der Waals surface area contributed by atoms with Crippen molar-refractivity contribution in [1.29, 1.82) is 0 Å². The molecule has 0 unspecified atom stereocenters. The Labute approximate surface area is 120 Å². The summed E-state index contributed by atoms with van der Waals surface area (Å²) >= 11 is 0. The highest BCUT2D eigenvalue weighted by Crippen LogP contribution is 2.18. The number of nitrogens with one attached hydrogen (secondary N) is 1. The van der Waals surface area contributed by atoms with Gasteiger partial charge in [-0.25, -0.2) is 17.9 Å². The molecule has 0 heterocycles. The molecular weight excluding hydrogens is 281 g/mol. The predicted octanol–water partition coefficient (Wildman–Crippen LogP) is 1.62. The van der Waals surface area contributed by atoms with Gasteiger partial charge >= 0.3 is 0 Å². The predicted molar refractivity (Wildman–Crippen MR) is 78.7 cm³/mol. The molecule has 0 aliphatic rings. The van der Waals surface area contributed by atoms with Crippen LogP contribution in [0.1, 0.15) is 20.3 Å². The van der Waals surface area contributed by atoms with Gasteiger partial charge in [-0.2, -0.15) is 0 Å². The Kier molecular flexibility index (Phi) is 6.38. The SMILES string of the molecule is CCN(CC)CCCNc1ccc(S(N)(=O)=O)cc1F. The van der Waals surface area contributed by atoms with Crippen molar-refractivity contribution < 1.29 is 12.8 Å². The summed E-state index contributed by atoms with van der Waals surface area (Å²) in [5.74, 6) is -0.612. The molecule has 1 rings (SSSR count). The van der Waals surface area contributed by atoms with Gasteiger partial charge in [-0.3, -0.25) is 0 Å². The van der Waals surface area contributed by atoms with Crippen molar-refractivity contribution in [2.24, 2.45) is 5.14 Å². The second-order valence-corrected chi connectivity index (χ2v) is 6.06. The summed E-state index contributed by atoms with van der Waals surface area (Å²) in [6.07, 6.45) is 0.887. The van der Waals surface area contributed by atoms with Crippen molar-refractivity contribution in [1.82, 2.24) is 4.90 Å². The number of nitrogens with two attached hydrogens (primary N) is 1. The number of sulfonamides is 1. The minimum atomic E-state index is -3.86. The zero-order valence-electron chi connectivity index (χ0n) is 11.9. The smallest absolute Gasteiger partial charge is 0.238 e. The highest BCUT2D eigenvalue weighted by Gasteiger charge is 2.11. The molecule has 0 spiro atoms. The number of rotatable bonds is 8. The third-order valence-corrected chi connectivity index (χ3v) is 4.04. The van der Waals surface area contributed by atoms with E-state index in [9.17, 15) is 12.8 Å². The summed E-state index contributed by atoms with van der Waals surface area (Å²) < 4.78 is 35.9. The van der Waals surface area contributed by atoms with Crippen molar-refractivity contribution in [3.63, 3.8) is 0 Å². The number of hydrogen-bond acceptors (Lipinski definition) is 4. The summed E-state index contributed by atoms with van der Waals surface area (Å²) in [5, 5.41) is 7.90. The Hall–Kier alpha value is -1.18. The molecule has 1 aromatic rings. The molecule has 20 heavy (non-hydrogen) atoms. The quantitative estimate of drug-likeness (QED) is 0.716. The summed E-state index contributed by atoms with van der Waals surface area (Å²) in [6.45, 7) is 7.76. The summed E-state index contributed by atoms with van der Waals surface area (Å²) in [5.41, 5.74) is 0.289. The molecule has 0 bridgehead atoms. The lowest BCUT2D eigenvalue weighted by Crippen LogP contribution is -2.25. The first-order valence-electron chi connectivity index (χ1n) is 6.67. The molecule has 0 saturated carbocycles. The van der Waals surface area contributed by atoms with Crippen LogP contribution < -0.4 is 10.5 Å². The van der Waals surface area contributed by atoms with Crippen LogP contribution in [-0.2, 0) is 10.0 Å². The number of hydrogen-bond donors (Lipinski definition) is 2. The van der Waals surface area contributed by atoms with Crippen LogP contribution in [0.4, 0.5) is 10.1 Å². The summed E-state index contributed by atoms with van der Waals surface area (Å²) in [4.78, 5) is 2.06. The molecule has 1 aromatic carbocycles. The van der Waals surface area contributed by atoms with E-state index >= 15 is 0 Å². The van der Waals surface area contributed by atoms with Gasteiger partial charge in [0.15, 0.2) is 0 Å². The van der Waals surface area contributed by atoms with E-state index in [1.165, 1.54) is 12.1 Å². The third kappa shape index (κ3) is 5.07. The standard InChI is InChI=1S/C13H22FN3O2S/c1-3-17(4-2)9-5-8-16-13-7-6-11(10-12(13)14)20(15,18)19/h6-7,10,16H,3-5,8-9H2,1-2H3,(H2,15,18,19). The Morgan fingerprint density at radius 2 is 1.95 bits per heavy atom. The van der Waals surface area contributed by atoms with E-state index in [-0.39, 0.29) is 10.6 Å². The highest BCUT2D eigenvalue weighted by atomic mass is 32.2. The molecule has 7 heteroatoms. The van der Waals surface area contributed by atoms with Crippen LogP contribution in [0.5, 0.6) is 0 Å². The van der Waals surface area contributed by atoms with Gasteiger partial charge in [0, 0.05) is 6.54 Å². The molecule has 3 N–H and O–H groups in total. The van der Waals surface area contributed by atoms with Gasteiger partial charge in [-0.1, -0.05) is 13.8 Å². The van der Waals surface area contributed by atoms with Gasteiger partial charge in [0.1, 0.15) is 5.82 Å². The van der Waals surface area contributed by atoms with E-state index in [0.29, 0.717) is 6.54 Å². The Bertz CT molecular complexity index is 530. The van der Waals surface area contributed by atoms with Crippen LogP contribution in [0.2, 0.25) is 0 Å². The van der Waals surface area contributed by atoms with E-state index in [2.05, 4.69) is 24.1 Å². The minimum absolute atomic E-state index is 0.219. The van der Waals surface area contributed by atoms with Gasteiger partial charge in [0.05, 0.1) is 10.6 Å². The Balaban J connectivity index is 2.53. The summed E-state index contributed by atoms with van der Waals surface area (Å²) in [6, 6.07) is 3.62. The molecule has 0 aliphatic carbocycles. The lowest BCUT2D eigenvalue weighted by atomic mass is 10.3. The molecule has 114 valence electrons. The molecule has 0 fully saturated rings. The average molecular weight is 303 g/mol. The van der Waals surface area contributed by atoms with Gasteiger partial charge in [-0.15, -0.1) is 0 Å². The maximum atomic E-state index is 13.7. The van der Waals surface area contributed by atoms with E-state index in [1.54, 1.807) is 0 Å². The minimum Gasteiger partial charge on any atom is -0.383 e. The highest BCUT2D eigenvalue weighted by molar-refractivity contribution is 7.89. The zero-order chi connectivity index (χ0) is 15.2. The van der Waals surface area contributed by atoms with Crippen LogP contribution in [-0.4, -0.2) is 39.5 Å².